The van der Waals surface area contributed by atoms with Gasteiger partial charge in [0.25, 0.3) is 5.91 Å². The molecule has 0 aliphatic heterocycles. The lowest BCUT2D eigenvalue weighted by molar-refractivity contribution is -0.120. The summed E-state index contributed by atoms with van der Waals surface area (Å²) in [5.74, 6) is -0.448. The number of carbonyl (C=O) groups excluding carboxylic acids is 2. The number of hydrogen-bond donors (Lipinski definition) is 3. The molecule has 2 amide bonds. The van der Waals surface area contributed by atoms with E-state index in [1.165, 1.54) is 0 Å². The molecule has 8 nitrogen and oxygen atoms in total. The molecule has 0 aliphatic carbocycles. The molecule has 2 aromatic heterocycles. The Kier molecular flexibility index (Phi) is 5.60. The molecule has 0 unspecified atom stereocenters. The lowest BCUT2D eigenvalue weighted by Gasteiger charge is -2.12. The number of fused-ring (bicyclic) bond motifs is 1. The number of amides is 2. The van der Waals surface area contributed by atoms with E-state index in [2.05, 4.69) is 10.3 Å². The SMILES string of the molecule is Cc1ccc(COc2ccc3oc(C)c(C(=O)N[C@@H](CO)C(N)=O)c3c2)cn1. The largest absolute Gasteiger partial charge is 0.489 e. The number of ether oxygens (including phenoxy) is 1. The fourth-order valence-corrected chi connectivity index (χ4v) is 2.76. The molecule has 0 aliphatic rings. The van der Waals surface area contributed by atoms with Crippen LogP contribution in [0.1, 0.15) is 27.4 Å². The van der Waals surface area contributed by atoms with Crippen LogP contribution in [0.2, 0.25) is 0 Å². The van der Waals surface area contributed by atoms with Crippen molar-refractivity contribution in [3.63, 3.8) is 0 Å². The maximum Gasteiger partial charge on any atom is 0.256 e. The Morgan fingerprint density at radius 1 is 1.29 bits per heavy atom. The maximum atomic E-state index is 12.6. The van der Waals surface area contributed by atoms with Crippen LogP contribution in [0.4, 0.5) is 0 Å². The van der Waals surface area contributed by atoms with Crippen LogP contribution in [0.25, 0.3) is 11.0 Å². The number of aromatic nitrogens is 1. The van der Waals surface area contributed by atoms with Gasteiger partial charge in [-0.2, -0.15) is 0 Å². The number of pyridine rings is 1. The molecule has 146 valence electrons. The minimum absolute atomic E-state index is 0.261. The first kappa shape index (κ1) is 19.4. The predicted octanol–water partition coefficient (Wildman–Crippen LogP) is 1.60. The Hall–Kier alpha value is -3.39. The molecule has 0 fully saturated rings. The van der Waals surface area contributed by atoms with Crippen molar-refractivity contribution in [1.82, 2.24) is 10.3 Å². The van der Waals surface area contributed by atoms with Gasteiger partial charge in [-0.25, -0.2) is 0 Å². The minimum Gasteiger partial charge on any atom is -0.489 e. The Balaban J connectivity index is 1.84. The van der Waals surface area contributed by atoms with E-state index in [0.29, 0.717) is 29.1 Å². The predicted molar refractivity (Wildman–Crippen MR) is 102 cm³/mol. The molecular weight excluding hydrogens is 362 g/mol. The normalized spacial score (nSPS) is 12.0. The number of rotatable bonds is 7. The fourth-order valence-electron chi connectivity index (χ4n) is 2.76. The molecule has 3 aromatic rings. The Morgan fingerprint density at radius 2 is 2.07 bits per heavy atom. The second-order valence-electron chi connectivity index (χ2n) is 6.40. The van der Waals surface area contributed by atoms with Crippen molar-refractivity contribution >= 4 is 22.8 Å². The Labute approximate surface area is 161 Å². The van der Waals surface area contributed by atoms with Crippen LogP contribution in [-0.4, -0.2) is 34.6 Å². The molecule has 2 heterocycles. The molecule has 4 N–H and O–H groups in total. The van der Waals surface area contributed by atoms with Crippen LogP contribution in [-0.2, 0) is 11.4 Å². The van der Waals surface area contributed by atoms with E-state index >= 15 is 0 Å². The highest BCUT2D eigenvalue weighted by atomic mass is 16.5. The monoisotopic (exact) mass is 383 g/mol. The van der Waals surface area contributed by atoms with E-state index in [0.717, 1.165) is 11.3 Å². The van der Waals surface area contributed by atoms with Crippen molar-refractivity contribution in [2.75, 3.05) is 6.61 Å². The molecular formula is C20H21N3O5. The third-order valence-corrected chi connectivity index (χ3v) is 4.27. The number of aryl methyl sites for hydroxylation is 2. The number of aliphatic hydroxyl groups excluding tert-OH is 1. The van der Waals surface area contributed by atoms with Crippen molar-refractivity contribution in [2.24, 2.45) is 5.73 Å². The van der Waals surface area contributed by atoms with Crippen LogP contribution < -0.4 is 15.8 Å². The molecule has 8 heteroatoms. The Bertz CT molecular complexity index is 1010. The molecule has 0 saturated heterocycles. The molecule has 28 heavy (non-hydrogen) atoms. The van der Waals surface area contributed by atoms with Gasteiger partial charge >= 0.3 is 0 Å². The highest BCUT2D eigenvalue weighted by Crippen LogP contribution is 2.29. The Morgan fingerprint density at radius 3 is 2.71 bits per heavy atom. The van der Waals surface area contributed by atoms with E-state index in [-0.39, 0.29) is 5.56 Å². The topological polar surface area (TPSA) is 128 Å². The lowest BCUT2D eigenvalue weighted by atomic mass is 10.1. The number of primary amides is 1. The highest BCUT2D eigenvalue weighted by Gasteiger charge is 2.23. The summed E-state index contributed by atoms with van der Waals surface area (Å²) in [6, 6.07) is 7.81. The summed E-state index contributed by atoms with van der Waals surface area (Å²) in [4.78, 5) is 28.1. The van der Waals surface area contributed by atoms with E-state index in [1.54, 1.807) is 31.3 Å². The summed E-state index contributed by atoms with van der Waals surface area (Å²) in [6.45, 7) is 3.29. The molecule has 1 atom stereocenters. The number of aliphatic hydroxyl groups is 1. The molecule has 0 saturated carbocycles. The summed E-state index contributed by atoms with van der Waals surface area (Å²) in [7, 11) is 0. The van der Waals surface area contributed by atoms with Crippen LogP contribution >= 0.6 is 0 Å². The first-order valence-corrected chi connectivity index (χ1v) is 8.67. The van der Waals surface area contributed by atoms with Crippen molar-refractivity contribution in [1.29, 1.82) is 0 Å². The van der Waals surface area contributed by atoms with Crippen molar-refractivity contribution in [2.45, 2.75) is 26.5 Å². The smallest absolute Gasteiger partial charge is 0.256 e. The molecule has 0 bridgehead atoms. The average molecular weight is 383 g/mol. The van der Waals surface area contributed by atoms with Gasteiger partial charge in [0, 0.05) is 22.8 Å². The van der Waals surface area contributed by atoms with Gasteiger partial charge in [-0.1, -0.05) is 6.07 Å². The number of nitrogens with one attached hydrogen (secondary N) is 1. The fraction of sp³-hybridized carbons (Fsp3) is 0.250. The number of benzene rings is 1. The van der Waals surface area contributed by atoms with Gasteiger partial charge in [-0.3, -0.25) is 14.6 Å². The van der Waals surface area contributed by atoms with Crippen molar-refractivity contribution in [3.8, 4) is 5.75 Å². The van der Waals surface area contributed by atoms with Gasteiger partial charge in [-0.05, 0) is 38.1 Å². The molecule has 0 spiro atoms. The molecule has 0 radical (unpaired) electrons. The second kappa shape index (κ2) is 8.10. The number of hydrogen-bond acceptors (Lipinski definition) is 6. The third kappa shape index (κ3) is 4.12. The van der Waals surface area contributed by atoms with E-state index in [4.69, 9.17) is 14.9 Å². The summed E-state index contributed by atoms with van der Waals surface area (Å²) in [5, 5.41) is 12.1. The summed E-state index contributed by atoms with van der Waals surface area (Å²) in [6.07, 6.45) is 1.74. The van der Waals surface area contributed by atoms with Crippen LogP contribution in [0, 0.1) is 13.8 Å². The van der Waals surface area contributed by atoms with Gasteiger partial charge < -0.3 is 25.3 Å². The molecule has 3 rings (SSSR count). The van der Waals surface area contributed by atoms with Gasteiger partial charge in [0.1, 0.15) is 29.7 Å². The first-order chi connectivity index (χ1) is 13.4. The third-order valence-electron chi connectivity index (χ3n) is 4.27. The second-order valence-corrected chi connectivity index (χ2v) is 6.40. The van der Waals surface area contributed by atoms with E-state index in [9.17, 15) is 14.7 Å². The van der Waals surface area contributed by atoms with E-state index < -0.39 is 24.5 Å². The zero-order chi connectivity index (χ0) is 20.3. The standard InChI is InChI=1S/C20H21N3O5/c1-11-3-4-13(8-22-11)10-27-14-5-6-17-15(7-14)18(12(2)28-17)20(26)23-16(9-24)19(21)25/h3-8,16,24H,9-10H2,1-2H3,(H2,21,25)(H,23,26)/t16-/m0/s1. The average Bonchev–Trinajstić information content (AvgIpc) is 3.00. The number of furan rings is 1. The van der Waals surface area contributed by atoms with Crippen LogP contribution in [0.3, 0.4) is 0 Å². The number of carbonyl (C=O) groups is 2. The van der Waals surface area contributed by atoms with Crippen LogP contribution in [0.15, 0.2) is 40.9 Å². The summed E-state index contributed by atoms with van der Waals surface area (Å²) >= 11 is 0. The maximum absolute atomic E-state index is 12.6. The lowest BCUT2D eigenvalue weighted by Crippen LogP contribution is -2.46. The zero-order valence-corrected chi connectivity index (χ0v) is 15.6. The minimum atomic E-state index is -1.18. The highest BCUT2D eigenvalue weighted by molar-refractivity contribution is 6.08. The van der Waals surface area contributed by atoms with Gasteiger partial charge in [0.15, 0.2) is 0 Å². The van der Waals surface area contributed by atoms with Crippen molar-refractivity contribution < 1.29 is 23.8 Å². The summed E-state index contributed by atoms with van der Waals surface area (Å²) in [5.41, 5.74) is 7.77. The van der Waals surface area contributed by atoms with Crippen molar-refractivity contribution in [3.05, 3.63) is 59.1 Å². The first-order valence-electron chi connectivity index (χ1n) is 8.67. The zero-order valence-electron chi connectivity index (χ0n) is 15.6. The van der Waals surface area contributed by atoms with Crippen LogP contribution in [0.5, 0.6) is 5.75 Å². The van der Waals surface area contributed by atoms with Gasteiger partial charge in [0.05, 0.1) is 12.2 Å². The van der Waals surface area contributed by atoms with E-state index in [1.807, 2.05) is 19.1 Å². The molecule has 1 aromatic carbocycles. The quantitative estimate of drug-likeness (QED) is 0.569. The number of nitrogens with zero attached hydrogens (tertiary/aromatic N) is 1. The summed E-state index contributed by atoms with van der Waals surface area (Å²) < 4.78 is 11.4. The van der Waals surface area contributed by atoms with Gasteiger partial charge in [0.2, 0.25) is 5.91 Å². The van der Waals surface area contributed by atoms with Gasteiger partial charge in [-0.15, -0.1) is 0 Å². The number of nitrogens with two attached hydrogens (primary N) is 1.